The molecule has 0 atom stereocenters. The molecule has 0 fully saturated rings. The molecule has 0 amide bonds. The van der Waals surface area contributed by atoms with Gasteiger partial charge >= 0.3 is 0 Å². The predicted molar refractivity (Wildman–Crippen MR) is 70.8 cm³/mol. The zero-order valence-electron chi connectivity index (χ0n) is 9.89. The smallest absolute Gasteiger partial charge is 0.249 e. The van der Waals surface area contributed by atoms with Crippen LogP contribution in [0.3, 0.4) is 0 Å². The van der Waals surface area contributed by atoms with Crippen molar-refractivity contribution in [1.82, 2.24) is 0 Å². The van der Waals surface area contributed by atoms with Crippen molar-refractivity contribution in [2.24, 2.45) is 4.36 Å². The molecular formula is C10H13ClFNO3S2. The van der Waals surface area contributed by atoms with E-state index in [0.717, 1.165) is 18.2 Å². The van der Waals surface area contributed by atoms with Crippen molar-refractivity contribution in [3.8, 4) is 0 Å². The van der Waals surface area contributed by atoms with Gasteiger partial charge in [-0.05, 0) is 18.2 Å². The van der Waals surface area contributed by atoms with Crippen molar-refractivity contribution in [2.45, 2.75) is 18.7 Å². The Labute approximate surface area is 111 Å². The third kappa shape index (κ3) is 3.66. The lowest BCUT2D eigenvalue weighted by atomic mass is 10.3. The average Bonchev–Trinajstić information content (AvgIpc) is 2.30. The third-order valence-corrected chi connectivity index (χ3v) is 6.05. The largest absolute Gasteiger partial charge is 0.261 e. The molecule has 0 aliphatic carbocycles. The zero-order valence-corrected chi connectivity index (χ0v) is 12.3. The minimum atomic E-state index is -3.98. The van der Waals surface area contributed by atoms with Gasteiger partial charge in [-0.25, -0.2) is 17.0 Å². The quantitative estimate of drug-likeness (QED) is 0.803. The maximum Gasteiger partial charge on any atom is 0.261 e. The van der Waals surface area contributed by atoms with Gasteiger partial charge in [-0.1, -0.05) is 13.8 Å². The van der Waals surface area contributed by atoms with Crippen LogP contribution in [0.5, 0.6) is 0 Å². The van der Waals surface area contributed by atoms with Gasteiger partial charge < -0.3 is 0 Å². The Morgan fingerprint density at radius 2 is 1.78 bits per heavy atom. The Morgan fingerprint density at radius 1 is 1.22 bits per heavy atom. The minimum Gasteiger partial charge on any atom is -0.249 e. The Hall–Kier alpha value is -0.660. The molecule has 0 saturated heterocycles. The van der Waals surface area contributed by atoms with Crippen LogP contribution in [0, 0.1) is 5.82 Å². The topological polar surface area (TPSA) is 63.6 Å². The maximum atomic E-state index is 13.6. The highest BCUT2D eigenvalue weighted by Gasteiger charge is 2.14. The second-order valence-electron chi connectivity index (χ2n) is 3.49. The first-order valence-corrected chi connectivity index (χ1v) is 9.35. The minimum absolute atomic E-state index is 0.118. The molecule has 0 N–H and O–H groups in total. The van der Waals surface area contributed by atoms with E-state index in [4.69, 9.17) is 10.7 Å². The molecule has 0 bridgehead atoms. The van der Waals surface area contributed by atoms with Crippen molar-refractivity contribution in [2.75, 3.05) is 11.5 Å². The summed E-state index contributed by atoms with van der Waals surface area (Å²) < 4.78 is 51.6. The van der Waals surface area contributed by atoms with Gasteiger partial charge in [0.05, 0.1) is 14.6 Å². The molecule has 0 aliphatic heterocycles. The summed E-state index contributed by atoms with van der Waals surface area (Å²) in [6, 6.07) is 3.07. The lowest BCUT2D eigenvalue weighted by molar-refractivity contribution is 0.603. The molecule has 8 heteroatoms. The molecule has 0 aliphatic rings. The molecule has 0 saturated carbocycles. The number of halogens is 2. The molecule has 0 unspecified atom stereocenters. The van der Waals surface area contributed by atoms with Crippen molar-refractivity contribution in [1.29, 1.82) is 0 Å². The van der Waals surface area contributed by atoms with Gasteiger partial charge in [-0.15, -0.1) is 0 Å². The first kappa shape index (κ1) is 15.4. The van der Waals surface area contributed by atoms with Gasteiger partial charge in [0.25, 0.3) is 9.05 Å². The molecule has 18 heavy (non-hydrogen) atoms. The number of rotatable bonds is 4. The summed E-state index contributed by atoms with van der Waals surface area (Å²) in [6.07, 6.45) is 0. The summed E-state index contributed by atoms with van der Waals surface area (Å²) in [4.78, 5) is -0.347. The standard InChI is InChI=1S/C10H13ClFNO3S2/c1-3-17(14,4-2)13-10-6-5-8(7-9(10)12)18(11,15)16/h5-7H,3-4H2,1-2H3. The summed E-state index contributed by atoms with van der Waals surface area (Å²) in [5.41, 5.74) is -0.118. The molecule has 0 spiro atoms. The fraction of sp³-hybridized carbons (Fsp3) is 0.400. The van der Waals surface area contributed by atoms with Crippen LogP contribution in [0.2, 0.25) is 0 Å². The van der Waals surface area contributed by atoms with Crippen molar-refractivity contribution in [3.63, 3.8) is 0 Å². The van der Waals surface area contributed by atoms with Gasteiger partial charge in [-0.2, -0.15) is 4.36 Å². The van der Waals surface area contributed by atoms with Crippen LogP contribution in [-0.4, -0.2) is 24.1 Å². The summed E-state index contributed by atoms with van der Waals surface area (Å²) in [7, 11) is -1.37. The van der Waals surface area contributed by atoms with Gasteiger partial charge in [0, 0.05) is 22.2 Å². The van der Waals surface area contributed by atoms with Gasteiger partial charge in [0.15, 0.2) is 5.82 Å². The van der Waals surface area contributed by atoms with Crippen LogP contribution in [-0.2, 0) is 18.8 Å². The highest BCUT2D eigenvalue weighted by molar-refractivity contribution is 8.13. The van der Waals surface area contributed by atoms with E-state index in [1.165, 1.54) is 0 Å². The van der Waals surface area contributed by atoms with E-state index in [1.54, 1.807) is 13.8 Å². The summed E-state index contributed by atoms with van der Waals surface area (Å²) >= 11 is 0. The number of hydrogen-bond acceptors (Lipinski definition) is 4. The van der Waals surface area contributed by atoms with Gasteiger partial charge in [0.1, 0.15) is 5.69 Å². The van der Waals surface area contributed by atoms with E-state index >= 15 is 0 Å². The number of benzene rings is 1. The zero-order chi connectivity index (χ0) is 14.0. The van der Waals surface area contributed by atoms with E-state index in [1.807, 2.05) is 0 Å². The molecule has 0 heterocycles. The van der Waals surface area contributed by atoms with Crippen LogP contribution in [0.25, 0.3) is 0 Å². The van der Waals surface area contributed by atoms with E-state index in [0.29, 0.717) is 11.5 Å². The van der Waals surface area contributed by atoms with E-state index < -0.39 is 24.6 Å². The second kappa shape index (κ2) is 5.54. The lowest BCUT2D eigenvalue weighted by Gasteiger charge is -2.05. The molecule has 1 aromatic carbocycles. The average molecular weight is 314 g/mol. The highest BCUT2D eigenvalue weighted by atomic mass is 35.7. The van der Waals surface area contributed by atoms with Gasteiger partial charge in [0.2, 0.25) is 0 Å². The number of hydrogen-bond donors (Lipinski definition) is 0. The summed E-state index contributed by atoms with van der Waals surface area (Å²) in [6.45, 7) is 3.40. The number of nitrogens with zero attached hydrogens (tertiary/aromatic N) is 1. The first-order valence-electron chi connectivity index (χ1n) is 5.18. The van der Waals surface area contributed by atoms with Crippen LogP contribution in [0.15, 0.2) is 27.5 Å². The predicted octanol–water partition coefficient (Wildman–Crippen LogP) is 2.89. The highest BCUT2D eigenvalue weighted by Crippen LogP contribution is 2.25. The van der Waals surface area contributed by atoms with Crippen LogP contribution in [0.4, 0.5) is 10.1 Å². The monoisotopic (exact) mass is 313 g/mol. The maximum absolute atomic E-state index is 13.6. The molecule has 0 radical (unpaired) electrons. The normalized spacial score (nSPS) is 12.4. The third-order valence-electron chi connectivity index (χ3n) is 2.37. The van der Waals surface area contributed by atoms with Crippen molar-refractivity contribution < 1.29 is 17.0 Å². The SMILES string of the molecule is CCS(=O)(CC)=Nc1ccc(S(=O)(=O)Cl)cc1F. The Balaban J connectivity index is 3.36. The second-order valence-corrected chi connectivity index (χ2v) is 8.94. The Morgan fingerprint density at radius 3 is 2.17 bits per heavy atom. The first-order chi connectivity index (χ1) is 8.22. The molecule has 1 rings (SSSR count). The molecule has 102 valence electrons. The lowest BCUT2D eigenvalue weighted by Crippen LogP contribution is -2.05. The Kier molecular flexibility index (Phi) is 4.74. The van der Waals surface area contributed by atoms with Crippen LogP contribution < -0.4 is 0 Å². The van der Waals surface area contributed by atoms with Crippen molar-refractivity contribution >= 4 is 35.1 Å². The summed E-state index contributed by atoms with van der Waals surface area (Å²) in [5.74, 6) is -0.247. The molecular weight excluding hydrogens is 301 g/mol. The Bertz CT molecular complexity index is 654. The molecule has 1 aromatic rings. The van der Waals surface area contributed by atoms with E-state index in [-0.39, 0.29) is 10.6 Å². The molecule has 4 nitrogen and oxygen atoms in total. The van der Waals surface area contributed by atoms with E-state index in [2.05, 4.69) is 4.36 Å². The van der Waals surface area contributed by atoms with Crippen LogP contribution >= 0.6 is 10.7 Å². The fourth-order valence-corrected chi connectivity index (χ4v) is 3.16. The summed E-state index contributed by atoms with van der Waals surface area (Å²) in [5, 5.41) is 0. The molecule has 0 aromatic heterocycles. The van der Waals surface area contributed by atoms with E-state index in [9.17, 15) is 17.0 Å². The van der Waals surface area contributed by atoms with Gasteiger partial charge in [-0.3, -0.25) is 0 Å². The van der Waals surface area contributed by atoms with Crippen molar-refractivity contribution in [3.05, 3.63) is 24.0 Å². The van der Waals surface area contributed by atoms with Crippen LogP contribution in [0.1, 0.15) is 13.8 Å². The fourth-order valence-electron chi connectivity index (χ4n) is 1.23.